The lowest BCUT2D eigenvalue weighted by Crippen LogP contribution is -2.44. The molecule has 0 spiro atoms. The third-order valence-corrected chi connectivity index (χ3v) is 4.33. The second-order valence-electron chi connectivity index (χ2n) is 6.67. The number of nitrogens with zero attached hydrogens (tertiary/aromatic N) is 1. The normalized spacial score (nSPS) is 14.9. The Balaban J connectivity index is 2.52. The minimum absolute atomic E-state index is 0.138. The lowest BCUT2D eigenvalue weighted by atomic mass is 9.77. The Labute approximate surface area is 145 Å². The maximum atomic E-state index is 12.0. The van der Waals surface area contributed by atoms with Crippen molar-refractivity contribution in [3.8, 4) is 0 Å². The second-order valence-corrected chi connectivity index (χ2v) is 6.67. The largest absolute Gasteiger partial charge is 0.454 e. The lowest BCUT2D eigenvalue weighted by molar-refractivity contribution is -0.165. The summed E-state index contributed by atoms with van der Waals surface area (Å²) in [6, 6.07) is 20.3. The Hall–Kier alpha value is -2.13. The first kappa shape index (κ1) is 18.2. The van der Waals surface area contributed by atoms with Crippen LogP contribution in [0.15, 0.2) is 60.7 Å². The average molecular weight is 325 g/mol. The zero-order chi connectivity index (χ0) is 17.6. The van der Waals surface area contributed by atoms with Crippen molar-refractivity contribution in [2.75, 3.05) is 20.6 Å². The summed E-state index contributed by atoms with van der Waals surface area (Å²) in [4.78, 5) is 14.1. The number of ether oxygens (including phenoxy) is 1. The molecule has 0 unspecified atom stereocenters. The Bertz CT molecular complexity index is 639. The van der Waals surface area contributed by atoms with Crippen molar-refractivity contribution in [1.29, 1.82) is 0 Å². The molecule has 0 heterocycles. The third kappa shape index (κ3) is 4.45. The summed E-state index contributed by atoms with van der Waals surface area (Å²) in [5.41, 5.74) is 1.52. The van der Waals surface area contributed by atoms with E-state index >= 15 is 0 Å². The molecule has 2 atom stereocenters. The monoisotopic (exact) mass is 325 g/mol. The summed E-state index contributed by atoms with van der Waals surface area (Å²) in [7, 11) is 4.09. The molecule has 3 heteroatoms. The van der Waals surface area contributed by atoms with Gasteiger partial charge in [0.15, 0.2) is 0 Å². The number of rotatable bonds is 7. The van der Waals surface area contributed by atoms with Gasteiger partial charge in [0.25, 0.3) is 0 Å². The summed E-state index contributed by atoms with van der Waals surface area (Å²) < 4.78 is 6.03. The molecule has 0 saturated carbocycles. The molecule has 0 aromatic heterocycles. The van der Waals surface area contributed by atoms with Gasteiger partial charge in [-0.15, -0.1) is 0 Å². The van der Waals surface area contributed by atoms with Crippen molar-refractivity contribution in [3.05, 3.63) is 71.8 Å². The number of carbonyl (C=O) groups is 1. The number of hydrogen-bond donors (Lipinski definition) is 0. The van der Waals surface area contributed by atoms with Crippen LogP contribution in [0.3, 0.4) is 0 Å². The highest BCUT2D eigenvalue weighted by atomic mass is 16.6. The molecule has 0 radical (unpaired) electrons. The van der Waals surface area contributed by atoms with Crippen LogP contribution in [0.1, 0.15) is 25.0 Å². The SMILES string of the molecule is CC(=O)O[C@](Cc1ccccc1)(c1ccccc1)[C@@H](C)CN(C)C. The van der Waals surface area contributed by atoms with Gasteiger partial charge in [0.05, 0.1) is 0 Å². The molecule has 128 valence electrons. The van der Waals surface area contributed by atoms with Gasteiger partial charge in [-0.25, -0.2) is 0 Å². The molecule has 2 aromatic carbocycles. The summed E-state index contributed by atoms with van der Waals surface area (Å²) in [6.45, 7) is 4.47. The molecule has 0 bridgehead atoms. The molecule has 24 heavy (non-hydrogen) atoms. The number of benzene rings is 2. The van der Waals surface area contributed by atoms with Gasteiger partial charge < -0.3 is 9.64 Å². The van der Waals surface area contributed by atoms with Crippen LogP contribution < -0.4 is 0 Å². The van der Waals surface area contributed by atoms with Crippen LogP contribution in [-0.4, -0.2) is 31.5 Å². The summed E-state index contributed by atoms with van der Waals surface area (Å²) >= 11 is 0. The quantitative estimate of drug-likeness (QED) is 0.724. The zero-order valence-electron chi connectivity index (χ0n) is 15.0. The number of esters is 1. The fourth-order valence-corrected chi connectivity index (χ4v) is 3.33. The molecule has 3 nitrogen and oxygen atoms in total. The molecule has 2 aromatic rings. The first-order valence-electron chi connectivity index (χ1n) is 8.38. The van der Waals surface area contributed by atoms with Crippen LogP contribution in [0.5, 0.6) is 0 Å². The summed E-state index contributed by atoms with van der Waals surface area (Å²) in [5, 5.41) is 0. The van der Waals surface area contributed by atoms with Crippen molar-refractivity contribution in [2.45, 2.75) is 25.9 Å². The van der Waals surface area contributed by atoms with E-state index in [2.05, 4.69) is 36.1 Å². The molecule has 0 amide bonds. The molecule has 0 aliphatic carbocycles. The molecule has 0 fully saturated rings. The van der Waals surface area contributed by atoms with Crippen molar-refractivity contribution in [3.63, 3.8) is 0 Å². The van der Waals surface area contributed by atoms with E-state index in [1.165, 1.54) is 6.92 Å². The highest BCUT2D eigenvalue weighted by molar-refractivity contribution is 5.67. The topological polar surface area (TPSA) is 29.5 Å². The fourth-order valence-electron chi connectivity index (χ4n) is 3.33. The predicted molar refractivity (Wildman–Crippen MR) is 97.8 cm³/mol. The predicted octanol–water partition coefficient (Wildman–Crippen LogP) is 3.89. The Morgan fingerprint density at radius 3 is 2.08 bits per heavy atom. The van der Waals surface area contributed by atoms with Gasteiger partial charge in [0.2, 0.25) is 0 Å². The maximum Gasteiger partial charge on any atom is 0.303 e. The molecule has 0 saturated heterocycles. The molecular weight excluding hydrogens is 298 g/mol. The van der Waals surface area contributed by atoms with Gasteiger partial charge in [0.1, 0.15) is 5.60 Å². The summed E-state index contributed by atoms with van der Waals surface area (Å²) in [5.74, 6) is -0.112. The van der Waals surface area contributed by atoms with E-state index in [4.69, 9.17) is 4.74 Å². The Kier molecular flexibility index (Phi) is 6.16. The Morgan fingerprint density at radius 1 is 1.04 bits per heavy atom. The van der Waals surface area contributed by atoms with Crippen molar-refractivity contribution in [1.82, 2.24) is 4.90 Å². The minimum atomic E-state index is -0.682. The third-order valence-electron chi connectivity index (χ3n) is 4.33. The van der Waals surface area contributed by atoms with Gasteiger partial charge in [-0.05, 0) is 25.2 Å². The minimum Gasteiger partial charge on any atom is -0.454 e. The van der Waals surface area contributed by atoms with Gasteiger partial charge in [-0.3, -0.25) is 4.79 Å². The first-order valence-corrected chi connectivity index (χ1v) is 8.38. The van der Waals surface area contributed by atoms with Crippen LogP contribution in [-0.2, 0) is 21.6 Å². The van der Waals surface area contributed by atoms with E-state index in [0.29, 0.717) is 6.42 Å². The first-order chi connectivity index (χ1) is 11.4. The molecular formula is C21H27NO2. The van der Waals surface area contributed by atoms with E-state index < -0.39 is 5.60 Å². The highest BCUT2D eigenvalue weighted by Crippen LogP contribution is 2.38. The summed E-state index contributed by atoms with van der Waals surface area (Å²) in [6.07, 6.45) is 0.659. The zero-order valence-corrected chi connectivity index (χ0v) is 15.0. The molecule has 0 N–H and O–H groups in total. The van der Waals surface area contributed by atoms with Crippen molar-refractivity contribution in [2.24, 2.45) is 5.92 Å². The van der Waals surface area contributed by atoms with E-state index in [9.17, 15) is 4.79 Å². The van der Waals surface area contributed by atoms with Crippen LogP contribution in [0.4, 0.5) is 0 Å². The number of hydrogen-bond acceptors (Lipinski definition) is 3. The Morgan fingerprint density at radius 2 is 1.58 bits per heavy atom. The molecule has 2 rings (SSSR count). The van der Waals surface area contributed by atoms with Crippen LogP contribution in [0.2, 0.25) is 0 Å². The van der Waals surface area contributed by atoms with Crippen LogP contribution in [0.25, 0.3) is 0 Å². The van der Waals surface area contributed by atoms with Crippen LogP contribution >= 0.6 is 0 Å². The van der Waals surface area contributed by atoms with E-state index in [-0.39, 0.29) is 11.9 Å². The van der Waals surface area contributed by atoms with Gasteiger partial charge in [-0.2, -0.15) is 0 Å². The van der Waals surface area contributed by atoms with Crippen molar-refractivity contribution >= 4 is 5.97 Å². The van der Waals surface area contributed by atoms with Gasteiger partial charge in [-0.1, -0.05) is 67.6 Å². The van der Waals surface area contributed by atoms with E-state index in [0.717, 1.165) is 17.7 Å². The molecule has 0 aliphatic rings. The average Bonchev–Trinajstić information content (AvgIpc) is 2.55. The van der Waals surface area contributed by atoms with Gasteiger partial charge in [0, 0.05) is 25.8 Å². The smallest absolute Gasteiger partial charge is 0.303 e. The molecule has 0 aliphatic heterocycles. The highest BCUT2D eigenvalue weighted by Gasteiger charge is 2.41. The van der Waals surface area contributed by atoms with Gasteiger partial charge >= 0.3 is 5.97 Å². The fraction of sp³-hybridized carbons (Fsp3) is 0.381. The second kappa shape index (κ2) is 8.11. The van der Waals surface area contributed by atoms with E-state index in [1.54, 1.807) is 0 Å². The number of carbonyl (C=O) groups excluding carboxylic acids is 1. The van der Waals surface area contributed by atoms with Crippen molar-refractivity contribution < 1.29 is 9.53 Å². The lowest BCUT2D eigenvalue weighted by Gasteiger charge is -2.40. The van der Waals surface area contributed by atoms with Crippen LogP contribution in [0, 0.1) is 5.92 Å². The maximum absolute atomic E-state index is 12.0. The standard InChI is InChI=1S/C21H27NO2/c1-17(16-22(3)4)21(24-18(2)23,20-13-9-6-10-14-20)15-19-11-7-5-8-12-19/h5-14,17H,15-16H2,1-4H3/t17-,21-/m0/s1. The van der Waals surface area contributed by atoms with E-state index in [1.807, 2.05) is 50.5 Å².